The van der Waals surface area contributed by atoms with E-state index in [-0.39, 0.29) is 17.7 Å². The monoisotopic (exact) mass is 509 g/mol. The molecule has 0 aromatic heterocycles. The smallest absolute Gasteiger partial charge is 0.328 e. The highest BCUT2D eigenvalue weighted by Crippen LogP contribution is 2.29. The van der Waals surface area contributed by atoms with E-state index in [9.17, 15) is 19.2 Å². The molecule has 1 heterocycles. The van der Waals surface area contributed by atoms with Crippen LogP contribution in [0.2, 0.25) is 0 Å². The lowest BCUT2D eigenvalue weighted by molar-refractivity contribution is -0.145. The van der Waals surface area contributed by atoms with Gasteiger partial charge >= 0.3 is 5.97 Å². The quantitative estimate of drug-likeness (QED) is 0.392. The Kier molecular flexibility index (Phi) is 9.68. The molecular formula is C23H32BrN3O5. The highest BCUT2D eigenvalue weighted by atomic mass is 79.9. The number of methoxy groups -OCH3 is 1. The Morgan fingerprint density at radius 3 is 2.38 bits per heavy atom. The van der Waals surface area contributed by atoms with Gasteiger partial charge in [-0.05, 0) is 37.7 Å². The largest absolute Gasteiger partial charge is 0.467 e. The van der Waals surface area contributed by atoms with Gasteiger partial charge in [0.05, 0.1) is 7.11 Å². The van der Waals surface area contributed by atoms with Crippen molar-refractivity contribution in [3.63, 3.8) is 0 Å². The highest BCUT2D eigenvalue weighted by Gasteiger charge is 2.38. The molecule has 1 aliphatic heterocycles. The van der Waals surface area contributed by atoms with E-state index in [1.807, 2.05) is 44.2 Å². The second kappa shape index (κ2) is 12.0. The van der Waals surface area contributed by atoms with E-state index in [1.165, 1.54) is 14.0 Å². The number of ether oxygens (including phenoxy) is 1. The molecule has 2 rings (SSSR count). The molecule has 1 saturated heterocycles. The van der Waals surface area contributed by atoms with E-state index in [0.29, 0.717) is 25.8 Å². The summed E-state index contributed by atoms with van der Waals surface area (Å²) in [7, 11) is 1.25. The lowest BCUT2D eigenvalue weighted by Gasteiger charge is -2.28. The number of esters is 1. The van der Waals surface area contributed by atoms with Gasteiger partial charge in [-0.2, -0.15) is 0 Å². The van der Waals surface area contributed by atoms with Crippen molar-refractivity contribution in [1.29, 1.82) is 0 Å². The fraction of sp³-hybridized carbons (Fsp3) is 0.565. The molecule has 0 bridgehead atoms. The molecule has 1 unspecified atom stereocenters. The van der Waals surface area contributed by atoms with Crippen LogP contribution in [-0.4, -0.2) is 60.4 Å². The Morgan fingerprint density at radius 1 is 1.12 bits per heavy atom. The SMILES string of the molecule is COC(=O)[C@H](C)NC(=O)[C@H](CC(C)C)NC(=O)[C@@H]1CCCN1C(=O)C(Br)c1ccccc1. The molecule has 3 amide bonds. The second-order valence-corrected chi connectivity index (χ2v) is 9.32. The van der Waals surface area contributed by atoms with Crippen molar-refractivity contribution in [2.75, 3.05) is 13.7 Å². The number of alkyl halides is 1. The fourth-order valence-electron chi connectivity index (χ4n) is 3.73. The first-order chi connectivity index (χ1) is 15.1. The van der Waals surface area contributed by atoms with Crippen molar-refractivity contribution >= 4 is 39.6 Å². The Balaban J connectivity index is 2.09. The van der Waals surface area contributed by atoms with E-state index >= 15 is 0 Å². The molecule has 0 saturated carbocycles. The van der Waals surface area contributed by atoms with Crippen molar-refractivity contribution in [3.05, 3.63) is 35.9 Å². The summed E-state index contributed by atoms with van der Waals surface area (Å²) in [6.45, 7) is 5.88. The standard InChI is InChI=1S/C23H32BrN3O5/c1-14(2)13-17(20(28)25-15(3)23(31)32-4)26-21(29)18-11-8-12-27(18)22(30)19(24)16-9-6-5-7-10-16/h5-7,9-10,14-15,17-19H,8,11-13H2,1-4H3,(H,25,28)(H,26,29)/t15-,17-,18-,19?/m0/s1. The number of benzene rings is 1. The van der Waals surface area contributed by atoms with Gasteiger partial charge in [-0.3, -0.25) is 14.4 Å². The average Bonchev–Trinajstić information content (AvgIpc) is 3.27. The maximum Gasteiger partial charge on any atom is 0.328 e. The third-order valence-electron chi connectivity index (χ3n) is 5.40. The molecule has 1 aromatic carbocycles. The summed E-state index contributed by atoms with van der Waals surface area (Å²) in [5.41, 5.74) is 0.817. The van der Waals surface area contributed by atoms with Crippen LogP contribution in [0, 0.1) is 5.92 Å². The average molecular weight is 510 g/mol. The van der Waals surface area contributed by atoms with Crippen LogP contribution in [0.25, 0.3) is 0 Å². The number of rotatable bonds is 9. The zero-order valence-corrected chi connectivity index (χ0v) is 20.6. The molecule has 1 fully saturated rings. The van der Waals surface area contributed by atoms with Gasteiger partial charge in [0.1, 0.15) is 23.0 Å². The first kappa shape index (κ1) is 25.8. The van der Waals surface area contributed by atoms with Crippen LogP contribution in [0.1, 0.15) is 50.4 Å². The maximum atomic E-state index is 13.1. The number of carbonyl (C=O) groups excluding carboxylic acids is 4. The number of halogens is 1. The second-order valence-electron chi connectivity index (χ2n) is 8.41. The molecule has 0 aliphatic carbocycles. The number of carbonyl (C=O) groups is 4. The van der Waals surface area contributed by atoms with Crippen molar-refractivity contribution in [2.45, 2.75) is 63.0 Å². The summed E-state index contributed by atoms with van der Waals surface area (Å²) in [5.74, 6) is -1.44. The summed E-state index contributed by atoms with van der Waals surface area (Å²) < 4.78 is 4.65. The lowest BCUT2D eigenvalue weighted by Crippen LogP contribution is -2.55. The van der Waals surface area contributed by atoms with Gasteiger partial charge in [0.15, 0.2) is 0 Å². The number of nitrogens with zero attached hydrogens (tertiary/aromatic N) is 1. The molecule has 0 radical (unpaired) electrons. The van der Waals surface area contributed by atoms with E-state index in [4.69, 9.17) is 0 Å². The molecule has 32 heavy (non-hydrogen) atoms. The first-order valence-corrected chi connectivity index (χ1v) is 11.7. The summed E-state index contributed by atoms with van der Waals surface area (Å²) in [6, 6.07) is 7.00. The first-order valence-electron chi connectivity index (χ1n) is 10.8. The van der Waals surface area contributed by atoms with Gasteiger partial charge in [0.2, 0.25) is 17.7 Å². The Morgan fingerprint density at radius 2 is 1.78 bits per heavy atom. The van der Waals surface area contributed by atoms with Gasteiger partial charge in [0.25, 0.3) is 0 Å². The van der Waals surface area contributed by atoms with Gasteiger partial charge in [-0.25, -0.2) is 4.79 Å². The normalized spacial score (nSPS) is 18.6. The third kappa shape index (κ3) is 6.79. The summed E-state index contributed by atoms with van der Waals surface area (Å²) >= 11 is 3.46. The Hall–Kier alpha value is -2.42. The van der Waals surface area contributed by atoms with E-state index in [1.54, 1.807) is 4.90 Å². The Bertz CT molecular complexity index is 817. The summed E-state index contributed by atoms with van der Waals surface area (Å²) in [4.78, 5) is 51.6. The summed E-state index contributed by atoms with van der Waals surface area (Å²) in [5, 5.41) is 5.39. The third-order valence-corrected chi connectivity index (χ3v) is 6.32. The van der Waals surface area contributed by atoms with Gasteiger partial charge in [0, 0.05) is 6.54 Å². The van der Waals surface area contributed by atoms with Crippen LogP contribution in [0.5, 0.6) is 0 Å². The Labute approximate surface area is 197 Å². The van der Waals surface area contributed by atoms with Crippen LogP contribution in [0.3, 0.4) is 0 Å². The zero-order chi connectivity index (χ0) is 23.8. The number of hydrogen-bond acceptors (Lipinski definition) is 5. The highest BCUT2D eigenvalue weighted by molar-refractivity contribution is 9.09. The zero-order valence-electron chi connectivity index (χ0n) is 19.0. The van der Waals surface area contributed by atoms with E-state index < -0.39 is 34.8 Å². The van der Waals surface area contributed by atoms with Gasteiger partial charge < -0.3 is 20.3 Å². The van der Waals surface area contributed by atoms with Gasteiger partial charge in [-0.1, -0.05) is 60.1 Å². The van der Waals surface area contributed by atoms with Crippen LogP contribution in [0.15, 0.2) is 30.3 Å². The maximum absolute atomic E-state index is 13.1. The minimum atomic E-state index is -0.830. The molecule has 0 spiro atoms. The van der Waals surface area contributed by atoms with Crippen molar-refractivity contribution in [1.82, 2.24) is 15.5 Å². The fourth-order valence-corrected chi connectivity index (χ4v) is 4.30. The summed E-state index contributed by atoms with van der Waals surface area (Å²) in [6.07, 6.45) is 1.64. The topological polar surface area (TPSA) is 105 Å². The van der Waals surface area contributed by atoms with E-state index in [0.717, 1.165) is 5.56 Å². The molecule has 2 N–H and O–H groups in total. The predicted octanol–water partition coefficient (Wildman–Crippen LogP) is 2.32. The van der Waals surface area contributed by atoms with Crippen LogP contribution in [-0.2, 0) is 23.9 Å². The molecule has 176 valence electrons. The van der Waals surface area contributed by atoms with Crippen molar-refractivity contribution < 1.29 is 23.9 Å². The molecule has 9 heteroatoms. The molecule has 1 aliphatic rings. The number of hydrogen-bond donors (Lipinski definition) is 2. The van der Waals surface area contributed by atoms with Crippen molar-refractivity contribution in [2.24, 2.45) is 5.92 Å². The van der Waals surface area contributed by atoms with Crippen LogP contribution in [0.4, 0.5) is 0 Å². The number of likely N-dealkylation sites (tertiary alicyclic amines) is 1. The van der Waals surface area contributed by atoms with Gasteiger partial charge in [-0.15, -0.1) is 0 Å². The minimum absolute atomic E-state index is 0.130. The number of amides is 3. The minimum Gasteiger partial charge on any atom is -0.467 e. The van der Waals surface area contributed by atoms with Crippen LogP contribution < -0.4 is 10.6 Å². The van der Waals surface area contributed by atoms with E-state index in [2.05, 4.69) is 31.3 Å². The molecular weight excluding hydrogens is 478 g/mol. The van der Waals surface area contributed by atoms with Crippen molar-refractivity contribution in [3.8, 4) is 0 Å². The predicted molar refractivity (Wildman–Crippen MR) is 124 cm³/mol. The molecule has 4 atom stereocenters. The lowest BCUT2D eigenvalue weighted by atomic mass is 10.0. The number of nitrogens with one attached hydrogen (secondary N) is 2. The molecule has 8 nitrogen and oxygen atoms in total. The molecule has 1 aromatic rings. The van der Waals surface area contributed by atoms with Crippen LogP contribution >= 0.6 is 15.9 Å².